The smallest absolute Gasteiger partial charge is 0.126 e. The molecule has 0 amide bonds. The van der Waals surface area contributed by atoms with Crippen molar-refractivity contribution >= 4 is 50.5 Å². The van der Waals surface area contributed by atoms with Crippen LogP contribution < -0.4 is 0 Å². The van der Waals surface area contributed by atoms with Crippen molar-refractivity contribution < 1.29 is 4.39 Å². The molecule has 1 aromatic heterocycles. The van der Waals surface area contributed by atoms with E-state index in [1.807, 2.05) is 6.07 Å². The fourth-order valence-electron chi connectivity index (χ4n) is 1.42. The van der Waals surface area contributed by atoms with Gasteiger partial charge in [0.25, 0.3) is 0 Å². The van der Waals surface area contributed by atoms with Gasteiger partial charge in [-0.05, 0) is 46.1 Å². The monoisotopic (exact) mass is 352 g/mol. The molecular formula is C12H8BrCl2FS. The zero-order valence-corrected chi connectivity index (χ0v) is 12.7. The van der Waals surface area contributed by atoms with Crippen molar-refractivity contribution in [3.05, 3.63) is 54.9 Å². The Morgan fingerprint density at radius 1 is 1.35 bits per heavy atom. The zero-order chi connectivity index (χ0) is 12.6. The van der Waals surface area contributed by atoms with E-state index in [1.54, 1.807) is 19.1 Å². The topological polar surface area (TPSA) is 0 Å². The molecule has 1 heterocycles. The fourth-order valence-corrected chi connectivity index (χ4v) is 3.50. The van der Waals surface area contributed by atoms with Gasteiger partial charge in [-0.1, -0.05) is 23.7 Å². The van der Waals surface area contributed by atoms with Crippen LogP contribution in [0.5, 0.6) is 0 Å². The van der Waals surface area contributed by atoms with Gasteiger partial charge in [0.2, 0.25) is 0 Å². The first-order valence-corrected chi connectivity index (χ1v) is 7.26. The van der Waals surface area contributed by atoms with Crippen LogP contribution in [0, 0.1) is 12.7 Å². The minimum absolute atomic E-state index is 0.241. The van der Waals surface area contributed by atoms with E-state index in [0.29, 0.717) is 10.6 Å². The Morgan fingerprint density at radius 2 is 2.06 bits per heavy atom. The summed E-state index contributed by atoms with van der Waals surface area (Å²) in [6.45, 7) is 1.72. The molecule has 0 aliphatic carbocycles. The van der Waals surface area contributed by atoms with E-state index in [0.717, 1.165) is 14.2 Å². The summed E-state index contributed by atoms with van der Waals surface area (Å²) >= 11 is 17.0. The highest BCUT2D eigenvalue weighted by atomic mass is 79.9. The average Bonchev–Trinajstić information content (AvgIpc) is 2.62. The summed E-state index contributed by atoms with van der Waals surface area (Å²) in [6, 6.07) is 6.82. The number of hydrogen-bond donors (Lipinski definition) is 0. The van der Waals surface area contributed by atoms with Crippen molar-refractivity contribution in [3.63, 3.8) is 0 Å². The van der Waals surface area contributed by atoms with Crippen LogP contribution >= 0.6 is 50.5 Å². The Kier molecular flexibility index (Phi) is 4.14. The van der Waals surface area contributed by atoms with Crippen molar-refractivity contribution in [2.75, 3.05) is 0 Å². The highest BCUT2D eigenvalue weighted by Gasteiger charge is 2.16. The number of rotatable bonds is 2. The van der Waals surface area contributed by atoms with Crippen LogP contribution in [-0.4, -0.2) is 0 Å². The van der Waals surface area contributed by atoms with E-state index in [9.17, 15) is 4.39 Å². The first-order chi connectivity index (χ1) is 7.99. The van der Waals surface area contributed by atoms with Crippen LogP contribution in [0.15, 0.2) is 28.1 Å². The van der Waals surface area contributed by atoms with Crippen LogP contribution in [0.4, 0.5) is 4.39 Å². The van der Waals surface area contributed by atoms with Gasteiger partial charge in [0, 0.05) is 4.88 Å². The third-order valence-electron chi connectivity index (χ3n) is 2.40. The van der Waals surface area contributed by atoms with Crippen LogP contribution in [0.1, 0.15) is 21.4 Å². The van der Waals surface area contributed by atoms with Gasteiger partial charge in [-0.25, -0.2) is 4.39 Å². The van der Waals surface area contributed by atoms with Gasteiger partial charge in [-0.3, -0.25) is 0 Å². The molecule has 17 heavy (non-hydrogen) atoms. The lowest BCUT2D eigenvalue weighted by molar-refractivity contribution is 0.616. The normalized spacial score (nSPS) is 12.8. The molecule has 2 aromatic rings. The van der Waals surface area contributed by atoms with Crippen molar-refractivity contribution in [1.82, 2.24) is 0 Å². The Balaban J connectivity index is 2.36. The van der Waals surface area contributed by atoms with Crippen molar-refractivity contribution in [2.45, 2.75) is 12.3 Å². The van der Waals surface area contributed by atoms with E-state index < -0.39 is 0 Å². The Bertz CT molecular complexity index is 534. The van der Waals surface area contributed by atoms with Crippen LogP contribution in [0.25, 0.3) is 0 Å². The molecule has 0 N–H and O–H groups in total. The molecule has 0 radical (unpaired) electrons. The summed E-state index contributed by atoms with van der Waals surface area (Å²) in [5.41, 5.74) is 1.35. The molecule has 0 saturated heterocycles. The maximum atomic E-state index is 13.4. The first-order valence-electron chi connectivity index (χ1n) is 4.84. The molecule has 1 atom stereocenters. The Morgan fingerprint density at radius 3 is 2.59 bits per heavy atom. The standard InChI is InChI=1S/C12H8BrCl2FS/c1-6-2-3-7(4-9(6)16)11(15)10-5-8(14)12(13)17-10/h2-5,11H,1H3. The Hall–Kier alpha value is -0.0900. The molecule has 0 aliphatic rings. The lowest BCUT2D eigenvalue weighted by Crippen LogP contribution is -1.92. The van der Waals surface area contributed by atoms with E-state index in [1.165, 1.54) is 17.4 Å². The van der Waals surface area contributed by atoms with E-state index >= 15 is 0 Å². The number of alkyl halides is 1. The number of aryl methyl sites for hydroxylation is 1. The fraction of sp³-hybridized carbons (Fsp3) is 0.167. The molecule has 0 nitrogen and oxygen atoms in total. The van der Waals surface area contributed by atoms with E-state index in [-0.39, 0.29) is 11.2 Å². The molecule has 0 fully saturated rings. The second-order valence-corrected chi connectivity index (χ2v) is 6.89. The summed E-state index contributed by atoms with van der Waals surface area (Å²) < 4.78 is 14.3. The highest BCUT2D eigenvalue weighted by molar-refractivity contribution is 9.11. The molecular weight excluding hydrogens is 346 g/mol. The second kappa shape index (κ2) is 5.27. The highest BCUT2D eigenvalue weighted by Crippen LogP contribution is 2.40. The van der Waals surface area contributed by atoms with Gasteiger partial charge in [0.1, 0.15) is 5.82 Å². The SMILES string of the molecule is Cc1ccc(C(Cl)c2cc(Cl)c(Br)s2)cc1F. The van der Waals surface area contributed by atoms with Gasteiger partial charge >= 0.3 is 0 Å². The van der Waals surface area contributed by atoms with Crippen LogP contribution in [0.2, 0.25) is 5.02 Å². The summed E-state index contributed by atoms with van der Waals surface area (Å²) in [6.07, 6.45) is 0. The minimum Gasteiger partial charge on any atom is -0.207 e. The summed E-state index contributed by atoms with van der Waals surface area (Å²) in [5, 5.41) is 0.252. The Labute approximate surface area is 121 Å². The van der Waals surface area contributed by atoms with Gasteiger partial charge in [-0.2, -0.15) is 0 Å². The van der Waals surface area contributed by atoms with Crippen LogP contribution in [-0.2, 0) is 0 Å². The molecule has 0 saturated carbocycles. The molecule has 0 aliphatic heterocycles. The van der Waals surface area contributed by atoms with Gasteiger partial charge < -0.3 is 0 Å². The summed E-state index contributed by atoms with van der Waals surface area (Å²) in [5.74, 6) is -0.241. The third kappa shape index (κ3) is 2.84. The number of benzene rings is 1. The molecule has 1 unspecified atom stereocenters. The maximum absolute atomic E-state index is 13.4. The minimum atomic E-state index is -0.376. The summed E-state index contributed by atoms with van der Waals surface area (Å²) in [7, 11) is 0. The quantitative estimate of drug-likeness (QED) is 0.586. The first kappa shape index (κ1) is 13.3. The van der Waals surface area contributed by atoms with Gasteiger partial charge in [-0.15, -0.1) is 22.9 Å². The maximum Gasteiger partial charge on any atom is 0.126 e. The lowest BCUT2D eigenvalue weighted by Gasteiger charge is -2.08. The number of thiophene rings is 1. The number of hydrogen-bond acceptors (Lipinski definition) is 1. The molecule has 1 aromatic carbocycles. The third-order valence-corrected chi connectivity index (χ3v) is 5.56. The lowest BCUT2D eigenvalue weighted by atomic mass is 10.1. The second-order valence-electron chi connectivity index (χ2n) is 3.64. The van der Waals surface area contributed by atoms with E-state index in [2.05, 4.69) is 15.9 Å². The molecule has 90 valence electrons. The zero-order valence-electron chi connectivity index (χ0n) is 8.81. The average molecular weight is 354 g/mol. The molecule has 0 bridgehead atoms. The van der Waals surface area contributed by atoms with Crippen LogP contribution in [0.3, 0.4) is 0 Å². The van der Waals surface area contributed by atoms with E-state index in [4.69, 9.17) is 23.2 Å². The number of halogens is 4. The van der Waals surface area contributed by atoms with Gasteiger partial charge in [0.15, 0.2) is 0 Å². The predicted octanol–water partition coefficient (Wildman–Crippen LogP) is 5.94. The van der Waals surface area contributed by atoms with Crippen molar-refractivity contribution in [1.29, 1.82) is 0 Å². The van der Waals surface area contributed by atoms with Crippen molar-refractivity contribution in [2.24, 2.45) is 0 Å². The largest absolute Gasteiger partial charge is 0.207 e. The molecule has 0 spiro atoms. The molecule has 5 heteroatoms. The van der Waals surface area contributed by atoms with Gasteiger partial charge in [0.05, 0.1) is 14.2 Å². The predicted molar refractivity (Wildman–Crippen MR) is 75.9 cm³/mol. The molecule has 2 rings (SSSR count). The summed E-state index contributed by atoms with van der Waals surface area (Å²) in [4.78, 5) is 0.895. The van der Waals surface area contributed by atoms with Crippen molar-refractivity contribution in [3.8, 4) is 0 Å².